The van der Waals surface area contributed by atoms with Crippen molar-refractivity contribution in [3.63, 3.8) is 0 Å². The molecule has 2 heteroatoms. The number of rotatable bonds is 3. The Kier molecular flexibility index (Phi) is 5.86. The number of carbonyl (C=O) groups is 2. The Bertz CT molecular complexity index is 741. The Morgan fingerprint density at radius 1 is 1.08 bits per heavy atom. The monoisotopic (exact) mass is 320 g/mol. The van der Waals surface area contributed by atoms with Crippen molar-refractivity contribution in [2.45, 2.75) is 39.5 Å². The van der Waals surface area contributed by atoms with E-state index in [2.05, 4.69) is 32.6 Å². The molecule has 124 valence electrons. The predicted octanol–water partition coefficient (Wildman–Crippen LogP) is 4.88. The lowest BCUT2D eigenvalue weighted by atomic mass is 9.90. The van der Waals surface area contributed by atoms with Crippen molar-refractivity contribution >= 4 is 11.6 Å². The molecule has 1 aromatic rings. The van der Waals surface area contributed by atoms with Gasteiger partial charge in [0.25, 0.3) is 0 Å². The second-order valence-corrected chi connectivity index (χ2v) is 6.45. The summed E-state index contributed by atoms with van der Waals surface area (Å²) in [6, 6.07) is 8.23. The zero-order valence-corrected chi connectivity index (χ0v) is 14.6. The lowest BCUT2D eigenvalue weighted by Gasteiger charge is -2.13. The van der Waals surface area contributed by atoms with E-state index < -0.39 is 0 Å². The van der Waals surface area contributed by atoms with Crippen molar-refractivity contribution in [2.75, 3.05) is 0 Å². The average Bonchev–Trinajstić information content (AvgIpc) is 2.57. The molecule has 0 saturated heterocycles. The van der Waals surface area contributed by atoms with Crippen LogP contribution in [-0.4, -0.2) is 11.6 Å². The highest BCUT2D eigenvalue weighted by atomic mass is 16.1. The number of Topliss-reactive ketones (excluding diaryl/α,β-unsaturated/α-hetero) is 2. The summed E-state index contributed by atoms with van der Waals surface area (Å²) in [5, 5.41) is 0. The molecular formula is C22H24O2. The van der Waals surface area contributed by atoms with Crippen molar-refractivity contribution < 1.29 is 9.59 Å². The van der Waals surface area contributed by atoms with Crippen molar-refractivity contribution in [3.05, 3.63) is 83.0 Å². The third-order valence-corrected chi connectivity index (χ3v) is 4.31. The molecule has 2 rings (SSSR count). The fraction of sp³-hybridized carbons (Fsp3) is 0.273. The summed E-state index contributed by atoms with van der Waals surface area (Å²) in [6.45, 7) is 9.88. The molecule has 0 heterocycles. The molecule has 0 bridgehead atoms. The van der Waals surface area contributed by atoms with Gasteiger partial charge in [-0.1, -0.05) is 69.0 Å². The van der Waals surface area contributed by atoms with Gasteiger partial charge in [0.15, 0.2) is 11.6 Å². The number of allylic oxidation sites excluding steroid dienone is 7. The van der Waals surface area contributed by atoms with Crippen LogP contribution in [0.5, 0.6) is 0 Å². The molecule has 24 heavy (non-hydrogen) atoms. The van der Waals surface area contributed by atoms with Crippen LogP contribution in [0.3, 0.4) is 0 Å². The minimum atomic E-state index is -0.152. The Hall–Kier alpha value is -2.48. The highest BCUT2D eigenvalue weighted by Gasteiger charge is 2.19. The standard InChI is InChI=1S/C22H24O2/c1-15(2)19-12-10-18(11-13-19)14-20-17(4)21(23)9-7-5-6-8-16(3)22(20)24/h5-8,10-13,15H,3,9,14H2,1-2,4H3/b7-5-,8-6-,20-17-. The molecule has 0 N–H and O–H groups in total. The van der Waals surface area contributed by atoms with Crippen molar-refractivity contribution in [3.8, 4) is 0 Å². The SMILES string of the molecule is C=C1/C=C\C=C/CC(=O)/C(C)=C(/Cc2ccc(C(C)C)cc2)C1=O. The van der Waals surface area contributed by atoms with Gasteiger partial charge in [-0.3, -0.25) is 9.59 Å². The molecule has 0 spiro atoms. The largest absolute Gasteiger partial charge is 0.294 e. The number of hydrogen-bond acceptors (Lipinski definition) is 2. The van der Waals surface area contributed by atoms with Crippen LogP contribution in [0.2, 0.25) is 0 Å². The molecule has 2 nitrogen and oxygen atoms in total. The number of ketones is 2. The Balaban J connectivity index is 2.38. The van der Waals surface area contributed by atoms with Crippen LogP contribution >= 0.6 is 0 Å². The zero-order valence-electron chi connectivity index (χ0n) is 14.6. The van der Waals surface area contributed by atoms with Crippen LogP contribution in [0.25, 0.3) is 0 Å². The predicted molar refractivity (Wildman–Crippen MR) is 99.0 cm³/mol. The lowest BCUT2D eigenvalue weighted by Crippen LogP contribution is -2.14. The van der Waals surface area contributed by atoms with E-state index in [9.17, 15) is 9.59 Å². The highest BCUT2D eigenvalue weighted by molar-refractivity contribution is 6.14. The van der Waals surface area contributed by atoms with Crippen LogP contribution in [-0.2, 0) is 16.0 Å². The third kappa shape index (κ3) is 4.29. The molecule has 0 amide bonds. The van der Waals surface area contributed by atoms with Gasteiger partial charge in [-0.15, -0.1) is 0 Å². The maximum Gasteiger partial charge on any atom is 0.189 e. The van der Waals surface area contributed by atoms with Crippen LogP contribution in [0, 0.1) is 0 Å². The van der Waals surface area contributed by atoms with Crippen LogP contribution < -0.4 is 0 Å². The van der Waals surface area contributed by atoms with Gasteiger partial charge in [0, 0.05) is 24.0 Å². The summed E-state index contributed by atoms with van der Waals surface area (Å²) >= 11 is 0. The second kappa shape index (κ2) is 7.87. The zero-order chi connectivity index (χ0) is 17.7. The first-order chi connectivity index (χ1) is 11.4. The highest BCUT2D eigenvalue weighted by Crippen LogP contribution is 2.21. The lowest BCUT2D eigenvalue weighted by molar-refractivity contribution is -0.116. The summed E-state index contributed by atoms with van der Waals surface area (Å²) in [6.07, 6.45) is 7.80. The number of carbonyl (C=O) groups excluding carboxylic acids is 2. The van der Waals surface area contributed by atoms with Crippen molar-refractivity contribution in [2.24, 2.45) is 0 Å². The fourth-order valence-electron chi connectivity index (χ4n) is 2.62. The maximum atomic E-state index is 12.7. The first-order valence-corrected chi connectivity index (χ1v) is 8.28. The summed E-state index contributed by atoms with van der Waals surface area (Å²) in [5.41, 5.74) is 3.77. The Morgan fingerprint density at radius 3 is 2.38 bits per heavy atom. The minimum absolute atomic E-state index is 0.0171. The third-order valence-electron chi connectivity index (χ3n) is 4.31. The van der Waals surface area contributed by atoms with Gasteiger partial charge in [-0.05, 0) is 29.5 Å². The topological polar surface area (TPSA) is 34.1 Å². The van der Waals surface area contributed by atoms with Gasteiger partial charge in [0.1, 0.15) is 0 Å². The molecule has 0 aliphatic heterocycles. The molecule has 0 atom stereocenters. The van der Waals surface area contributed by atoms with E-state index in [1.54, 1.807) is 31.2 Å². The molecule has 1 aromatic carbocycles. The molecule has 1 aliphatic rings. The number of hydrogen-bond donors (Lipinski definition) is 0. The smallest absolute Gasteiger partial charge is 0.189 e. The van der Waals surface area contributed by atoms with E-state index in [1.807, 2.05) is 12.1 Å². The van der Waals surface area contributed by atoms with Crippen molar-refractivity contribution in [1.29, 1.82) is 0 Å². The summed E-state index contributed by atoms with van der Waals surface area (Å²) in [7, 11) is 0. The molecular weight excluding hydrogens is 296 g/mol. The molecule has 0 fully saturated rings. The van der Waals surface area contributed by atoms with Crippen LogP contribution in [0.4, 0.5) is 0 Å². The summed E-state index contributed by atoms with van der Waals surface area (Å²) in [4.78, 5) is 25.0. The second-order valence-electron chi connectivity index (χ2n) is 6.45. The Labute approximate surface area is 144 Å². The number of benzene rings is 1. The summed E-state index contributed by atoms with van der Waals surface area (Å²) < 4.78 is 0. The first-order valence-electron chi connectivity index (χ1n) is 8.28. The van der Waals surface area contributed by atoms with Gasteiger partial charge in [0.05, 0.1) is 0 Å². The fourth-order valence-corrected chi connectivity index (χ4v) is 2.62. The maximum absolute atomic E-state index is 12.7. The van der Waals surface area contributed by atoms with Crippen LogP contribution in [0.1, 0.15) is 44.2 Å². The quantitative estimate of drug-likeness (QED) is 0.744. The van der Waals surface area contributed by atoms with E-state index in [0.29, 0.717) is 35.5 Å². The van der Waals surface area contributed by atoms with Gasteiger partial charge >= 0.3 is 0 Å². The molecule has 1 aliphatic carbocycles. The Morgan fingerprint density at radius 2 is 1.75 bits per heavy atom. The van der Waals surface area contributed by atoms with E-state index in [1.165, 1.54) is 5.56 Å². The van der Waals surface area contributed by atoms with Gasteiger partial charge < -0.3 is 0 Å². The summed E-state index contributed by atoms with van der Waals surface area (Å²) in [5.74, 6) is 0.297. The molecule has 0 saturated carbocycles. The average molecular weight is 320 g/mol. The molecule has 0 unspecified atom stereocenters. The molecule has 0 radical (unpaired) electrons. The normalized spacial score (nSPS) is 21.9. The van der Waals surface area contributed by atoms with E-state index in [-0.39, 0.29) is 11.6 Å². The van der Waals surface area contributed by atoms with Gasteiger partial charge in [0.2, 0.25) is 0 Å². The van der Waals surface area contributed by atoms with Gasteiger partial charge in [-0.2, -0.15) is 0 Å². The minimum Gasteiger partial charge on any atom is -0.294 e. The van der Waals surface area contributed by atoms with Gasteiger partial charge in [-0.25, -0.2) is 0 Å². The van der Waals surface area contributed by atoms with Crippen molar-refractivity contribution in [1.82, 2.24) is 0 Å². The first kappa shape index (κ1) is 17.9. The van der Waals surface area contributed by atoms with E-state index in [0.717, 1.165) is 5.56 Å². The van der Waals surface area contributed by atoms with E-state index >= 15 is 0 Å². The van der Waals surface area contributed by atoms with E-state index in [4.69, 9.17) is 0 Å². The van der Waals surface area contributed by atoms with Crippen LogP contribution in [0.15, 0.2) is 71.9 Å². The molecule has 0 aromatic heterocycles.